The second-order valence-electron chi connectivity index (χ2n) is 5.48. The van der Waals surface area contributed by atoms with Gasteiger partial charge in [-0.2, -0.15) is 0 Å². The monoisotopic (exact) mass is 240 g/mol. The van der Waals surface area contributed by atoms with E-state index >= 15 is 0 Å². The van der Waals surface area contributed by atoms with Gasteiger partial charge in [-0.25, -0.2) is 0 Å². The normalized spacial score (nSPS) is 26.6. The lowest BCUT2D eigenvalue weighted by molar-refractivity contribution is -0.143. The third-order valence-electron chi connectivity index (χ3n) is 3.68. The highest BCUT2D eigenvalue weighted by atomic mass is 16.5. The van der Waals surface area contributed by atoms with Crippen LogP contribution in [-0.2, 0) is 9.53 Å². The molecule has 1 aliphatic rings. The minimum atomic E-state index is 0.00697. The summed E-state index contributed by atoms with van der Waals surface area (Å²) in [6.45, 7) is 2.95. The van der Waals surface area contributed by atoms with Crippen molar-refractivity contribution >= 4 is 5.97 Å². The highest BCUT2D eigenvalue weighted by Gasteiger charge is 2.06. The fourth-order valence-corrected chi connectivity index (χ4v) is 2.48. The molecule has 0 aromatic heterocycles. The highest BCUT2D eigenvalue weighted by Crippen LogP contribution is 2.17. The Hall–Kier alpha value is -0.530. The summed E-state index contributed by atoms with van der Waals surface area (Å²) in [5.74, 6) is 0.798. The van der Waals surface area contributed by atoms with Gasteiger partial charge in [0, 0.05) is 6.42 Å². The van der Waals surface area contributed by atoms with E-state index in [0.29, 0.717) is 13.0 Å². The Morgan fingerprint density at radius 1 is 0.882 bits per heavy atom. The molecule has 0 bridgehead atoms. The predicted molar refractivity (Wildman–Crippen MR) is 70.9 cm³/mol. The number of hydrogen-bond donors (Lipinski definition) is 0. The Kier molecular flexibility index (Phi) is 8.12. The van der Waals surface area contributed by atoms with Gasteiger partial charge in [0.15, 0.2) is 0 Å². The summed E-state index contributed by atoms with van der Waals surface area (Å²) < 4.78 is 5.23. The molecular weight excluding hydrogens is 212 g/mol. The van der Waals surface area contributed by atoms with Crippen molar-refractivity contribution in [2.45, 2.75) is 77.6 Å². The van der Waals surface area contributed by atoms with Crippen LogP contribution in [0.1, 0.15) is 77.6 Å². The van der Waals surface area contributed by atoms with Crippen LogP contribution in [0.3, 0.4) is 0 Å². The largest absolute Gasteiger partial charge is 0.466 e. The molecule has 17 heavy (non-hydrogen) atoms. The van der Waals surface area contributed by atoms with Crippen LogP contribution in [0, 0.1) is 5.92 Å². The number of rotatable bonds is 0. The second-order valence-corrected chi connectivity index (χ2v) is 5.48. The minimum absolute atomic E-state index is 0.00697. The van der Waals surface area contributed by atoms with Crippen LogP contribution in [-0.4, -0.2) is 12.6 Å². The second kappa shape index (κ2) is 9.49. The van der Waals surface area contributed by atoms with E-state index in [0.717, 1.165) is 18.8 Å². The lowest BCUT2D eigenvalue weighted by Crippen LogP contribution is -2.06. The Morgan fingerprint density at radius 2 is 1.47 bits per heavy atom. The van der Waals surface area contributed by atoms with E-state index in [1.807, 2.05) is 0 Å². The van der Waals surface area contributed by atoms with E-state index in [4.69, 9.17) is 4.74 Å². The first kappa shape index (κ1) is 14.5. The molecule has 0 radical (unpaired) electrons. The zero-order valence-electron chi connectivity index (χ0n) is 11.4. The number of carbonyl (C=O) groups is 1. The molecule has 0 N–H and O–H groups in total. The van der Waals surface area contributed by atoms with Gasteiger partial charge in [0.25, 0.3) is 0 Å². The molecule has 0 aliphatic carbocycles. The average molecular weight is 240 g/mol. The van der Waals surface area contributed by atoms with Crippen LogP contribution in [0.2, 0.25) is 0 Å². The van der Waals surface area contributed by atoms with Gasteiger partial charge in [0.1, 0.15) is 0 Å². The Bertz CT molecular complexity index is 201. The summed E-state index contributed by atoms with van der Waals surface area (Å²) in [6.07, 6.45) is 13.1. The first-order valence-corrected chi connectivity index (χ1v) is 7.44. The molecule has 1 atom stereocenters. The van der Waals surface area contributed by atoms with Crippen molar-refractivity contribution in [2.75, 3.05) is 6.61 Å². The summed E-state index contributed by atoms with van der Waals surface area (Å²) >= 11 is 0. The predicted octanol–water partition coefficient (Wildman–Crippen LogP) is 4.47. The van der Waals surface area contributed by atoms with Crippen molar-refractivity contribution in [3.63, 3.8) is 0 Å². The van der Waals surface area contributed by atoms with E-state index < -0.39 is 0 Å². The summed E-state index contributed by atoms with van der Waals surface area (Å²) in [7, 11) is 0. The third-order valence-corrected chi connectivity index (χ3v) is 3.68. The average Bonchev–Trinajstić information content (AvgIpc) is 2.32. The van der Waals surface area contributed by atoms with Gasteiger partial charge in [0.2, 0.25) is 0 Å². The van der Waals surface area contributed by atoms with Crippen LogP contribution in [0.15, 0.2) is 0 Å². The standard InChI is InChI=1S/C15H28O2/c1-14-10-7-5-3-2-4-6-8-12-15(16)17-13-9-11-14/h14H,2-13H2,1H3. The zero-order chi connectivity index (χ0) is 12.3. The van der Waals surface area contributed by atoms with Crippen molar-refractivity contribution in [3.05, 3.63) is 0 Å². The van der Waals surface area contributed by atoms with Gasteiger partial charge in [0.05, 0.1) is 6.61 Å². The fourth-order valence-electron chi connectivity index (χ4n) is 2.48. The maximum Gasteiger partial charge on any atom is 0.305 e. The van der Waals surface area contributed by atoms with E-state index in [9.17, 15) is 4.79 Å². The molecule has 0 spiro atoms. The molecule has 0 amide bonds. The van der Waals surface area contributed by atoms with Crippen LogP contribution < -0.4 is 0 Å². The molecule has 1 aliphatic heterocycles. The molecule has 2 nitrogen and oxygen atoms in total. The smallest absolute Gasteiger partial charge is 0.305 e. The molecular formula is C15H28O2. The number of ether oxygens (including phenoxy) is 1. The maximum absolute atomic E-state index is 11.4. The van der Waals surface area contributed by atoms with E-state index in [2.05, 4.69) is 6.92 Å². The lowest BCUT2D eigenvalue weighted by atomic mass is 9.98. The van der Waals surface area contributed by atoms with Crippen LogP contribution >= 0.6 is 0 Å². The lowest BCUT2D eigenvalue weighted by Gasteiger charge is -2.10. The molecule has 2 heteroatoms. The number of cyclic esters (lactones) is 1. The summed E-state index contributed by atoms with van der Waals surface area (Å²) in [5, 5.41) is 0. The minimum Gasteiger partial charge on any atom is -0.466 e. The highest BCUT2D eigenvalue weighted by molar-refractivity contribution is 5.69. The number of carbonyl (C=O) groups excluding carboxylic acids is 1. The fraction of sp³-hybridized carbons (Fsp3) is 0.933. The zero-order valence-corrected chi connectivity index (χ0v) is 11.4. The van der Waals surface area contributed by atoms with Gasteiger partial charge in [-0.3, -0.25) is 4.79 Å². The van der Waals surface area contributed by atoms with Gasteiger partial charge in [-0.15, -0.1) is 0 Å². The first-order valence-electron chi connectivity index (χ1n) is 7.44. The quantitative estimate of drug-likeness (QED) is 0.584. The Morgan fingerprint density at radius 3 is 2.24 bits per heavy atom. The molecule has 1 rings (SSSR count). The van der Waals surface area contributed by atoms with Crippen molar-refractivity contribution in [2.24, 2.45) is 5.92 Å². The van der Waals surface area contributed by atoms with Crippen molar-refractivity contribution in [1.29, 1.82) is 0 Å². The Labute approximate surface area is 106 Å². The SMILES string of the molecule is CC1CCCCCCCCCC(=O)OCCC1. The van der Waals surface area contributed by atoms with Gasteiger partial charge in [-0.05, 0) is 25.2 Å². The number of hydrogen-bond acceptors (Lipinski definition) is 2. The molecule has 100 valence electrons. The molecule has 1 fully saturated rings. The maximum atomic E-state index is 11.4. The molecule has 1 unspecified atom stereocenters. The van der Waals surface area contributed by atoms with E-state index in [1.165, 1.54) is 51.4 Å². The molecule has 1 heterocycles. The van der Waals surface area contributed by atoms with Crippen molar-refractivity contribution < 1.29 is 9.53 Å². The first-order chi connectivity index (χ1) is 8.29. The van der Waals surface area contributed by atoms with Crippen molar-refractivity contribution in [3.8, 4) is 0 Å². The van der Waals surface area contributed by atoms with E-state index in [-0.39, 0.29) is 5.97 Å². The number of esters is 1. The summed E-state index contributed by atoms with van der Waals surface area (Å²) in [4.78, 5) is 11.4. The molecule has 0 saturated carbocycles. The topological polar surface area (TPSA) is 26.3 Å². The van der Waals surface area contributed by atoms with Gasteiger partial charge in [-0.1, -0.05) is 51.9 Å². The Balaban J connectivity index is 2.22. The van der Waals surface area contributed by atoms with Crippen molar-refractivity contribution in [1.82, 2.24) is 0 Å². The molecule has 0 aromatic carbocycles. The summed E-state index contributed by atoms with van der Waals surface area (Å²) in [6, 6.07) is 0. The van der Waals surface area contributed by atoms with E-state index in [1.54, 1.807) is 0 Å². The van der Waals surface area contributed by atoms with Crippen LogP contribution in [0.4, 0.5) is 0 Å². The van der Waals surface area contributed by atoms with Gasteiger partial charge < -0.3 is 4.74 Å². The summed E-state index contributed by atoms with van der Waals surface area (Å²) in [5.41, 5.74) is 0. The van der Waals surface area contributed by atoms with Gasteiger partial charge >= 0.3 is 5.97 Å². The molecule has 0 aromatic rings. The van der Waals surface area contributed by atoms with Crippen LogP contribution in [0.25, 0.3) is 0 Å². The van der Waals surface area contributed by atoms with Crippen LogP contribution in [0.5, 0.6) is 0 Å². The third kappa shape index (κ3) is 8.23. The molecule has 1 saturated heterocycles.